The van der Waals surface area contributed by atoms with Gasteiger partial charge in [0.25, 0.3) is 0 Å². The number of aromatic nitrogens is 1. The van der Waals surface area contributed by atoms with Crippen molar-refractivity contribution in [1.82, 2.24) is 4.98 Å². The fourth-order valence-corrected chi connectivity index (χ4v) is 2.16. The van der Waals surface area contributed by atoms with Gasteiger partial charge in [-0.05, 0) is 44.2 Å². The van der Waals surface area contributed by atoms with Gasteiger partial charge in [-0.15, -0.1) is 0 Å². The van der Waals surface area contributed by atoms with Gasteiger partial charge in [0.15, 0.2) is 11.6 Å². The summed E-state index contributed by atoms with van der Waals surface area (Å²) in [5, 5.41) is 3.33. The molecule has 1 aliphatic carbocycles. The molecule has 0 aliphatic heterocycles. The number of hydrogen-bond donors (Lipinski definition) is 1. The van der Waals surface area contributed by atoms with E-state index < -0.39 is 0 Å². The summed E-state index contributed by atoms with van der Waals surface area (Å²) in [4.78, 5) is 4.28. The minimum Gasteiger partial charge on any atom is -0.493 e. The molecule has 0 atom stereocenters. The molecule has 1 aromatic heterocycles. The van der Waals surface area contributed by atoms with Crippen LogP contribution in [0.4, 0.5) is 5.82 Å². The topological polar surface area (TPSA) is 34.1 Å². The van der Waals surface area contributed by atoms with E-state index in [1.54, 1.807) is 18.9 Å². The number of allylic oxidation sites excluding steroid dienone is 1. The minimum atomic E-state index is 0.810. The van der Waals surface area contributed by atoms with Crippen LogP contribution in [0.5, 0.6) is 5.75 Å². The molecule has 3 nitrogen and oxygen atoms in total. The third-order valence-corrected chi connectivity index (χ3v) is 3.11. The molecule has 1 aromatic rings. The van der Waals surface area contributed by atoms with Crippen molar-refractivity contribution in [3.8, 4) is 5.75 Å². The summed E-state index contributed by atoms with van der Waals surface area (Å²) in [6, 6.07) is 3.81. The van der Waals surface area contributed by atoms with E-state index in [1.165, 1.54) is 25.7 Å². The first-order valence-electron chi connectivity index (χ1n) is 6.31. The van der Waals surface area contributed by atoms with Gasteiger partial charge in [-0.3, -0.25) is 0 Å². The smallest absolute Gasteiger partial charge is 0.168 e. The van der Waals surface area contributed by atoms with Gasteiger partial charge in [0.2, 0.25) is 0 Å². The molecule has 0 amide bonds. The first-order valence-corrected chi connectivity index (χ1v) is 6.31. The van der Waals surface area contributed by atoms with E-state index in [4.69, 9.17) is 4.74 Å². The van der Waals surface area contributed by atoms with Crippen molar-refractivity contribution in [1.29, 1.82) is 0 Å². The number of methoxy groups -OCH3 is 1. The molecule has 0 spiro atoms. The standard InChI is InChI=1S/C14H20N2O/c1-17-13-8-5-10-15-14(13)16-11-9-12-6-3-2-4-7-12/h5-6,8,10H,2-4,7,9,11H2,1H3,(H,15,16). The molecule has 17 heavy (non-hydrogen) atoms. The predicted molar refractivity (Wildman–Crippen MR) is 70.4 cm³/mol. The van der Waals surface area contributed by atoms with E-state index in [9.17, 15) is 0 Å². The molecule has 2 rings (SSSR count). The summed E-state index contributed by atoms with van der Waals surface area (Å²) in [6.07, 6.45) is 10.5. The average Bonchev–Trinajstić information content (AvgIpc) is 2.40. The molecule has 1 heterocycles. The summed E-state index contributed by atoms with van der Waals surface area (Å²) >= 11 is 0. The van der Waals surface area contributed by atoms with Gasteiger partial charge in [-0.2, -0.15) is 0 Å². The second-order valence-corrected chi connectivity index (χ2v) is 4.34. The summed E-state index contributed by atoms with van der Waals surface area (Å²) in [5.41, 5.74) is 1.58. The summed E-state index contributed by atoms with van der Waals surface area (Å²) in [7, 11) is 1.67. The molecular weight excluding hydrogens is 212 g/mol. The highest BCUT2D eigenvalue weighted by molar-refractivity contribution is 5.49. The van der Waals surface area contributed by atoms with Crippen LogP contribution in [0.25, 0.3) is 0 Å². The second kappa shape index (κ2) is 6.28. The van der Waals surface area contributed by atoms with Crippen LogP contribution >= 0.6 is 0 Å². The van der Waals surface area contributed by atoms with Crippen molar-refractivity contribution in [3.63, 3.8) is 0 Å². The molecule has 0 radical (unpaired) electrons. The summed E-state index contributed by atoms with van der Waals surface area (Å²) in [6.45, 7) is 0.930. The maximum atomic E-state index is 5.25. The molecule has 0 bridgehead atoms. The van der Waals surface area contributed by atoms with Crippen LogP contribution in [0.1, 0.15) is 32.1 Å². The van der Waals surface area contributed by atoms with E-state index in [2.05, 4.69) is 16.4 Å². The van der Waals surface area contributed by atoms with Crippen LogP contribution in [0.15, 0.2) is 30.0 Å². The van der Waals surface area contributed by atoms with Crippen LogP contribution < -0.4 is 10.1 Å². The Bertz CT molecular complexity index is 388. The molecule has 0 fully saturated rings. The molecule has 0 unspecified atom stereocenters. The fraction of sp³-hybridized carbons (Fsp3) is 0.500. The van der Waals surface area contributed by atoms with Crippen LogP contribution in [0.2, 0.25) is 0 Å². The van der Waals surface area contributed by atoms with Gasteiger partial charge in [0, 0.05) is 12.7 Å². The van der Waals surface area contributed by atoms with Crippen molar-refractivity contribution in [2.45, 2.75) is 32.1 Å². The van der Waals surface area contributed by atoms with Gasteiger partial charge in [-0.25, -0.2) is 4.98 Å². The quantitative estimate of drug-likeness (QED) is 0.790. The summed E-state index contributed by atoms with van der Waals surface area (Å²) in [5.74, 6) is 1.65. The summed E-state index contributed by atoms with van der Waals surface area (Å²) < 4.78 is 5.25. The van der Waals surface area contributed by atoms with Crippen LogP contribution in [-0.2, 0) is 0 Å². The van der Waals surface area contributed by atoms with Crippen molar-refractivity contribution in [2.24, 2.45) is 0 Å². The molecule has 1 N–H and O–H groups in total. The Labute approximate surface area is 103 Å². The lowest BCUT2D eigenvalue weighted by Crippen LogP contribution is -2.06. The molecular formula is C14H20N2O. The number of rotatable bonds is 5. The van der Waals surface area contributed by atoms with Crippen molar-refractivity contribution < 1.29 is 4.74 Å². The highest BCUT2D eigenvalue weighted by Crippen LogP contribution is 2.22. The number of nitrogens with one attached hydrogen (secondary N) is 1. The number of anilines is 1. The largest absolute Gasteiger partial charge is 0.493 e. The first-order chi connectivity index (χ1) is 8.40. The Kier molecular flexibility index (Phi) is 4.42. The normalized spacial score (nSPS) is 15.2. The molecule has 1 aliphatic rings. The van der Waals surface area contributed by atoms with Gasteiger partial charge in [0.05, 0.1) is 7.11 Å². The Hall–Kier alpha value is -1.51. The minimum absolute atomic E-state index is 0.810. The molecule has 0 saturated carbocycles. The van der Waals surface area contributed by atoms with E-state index in [0.717, 1.165) is 24.5 Å². The Morgan fingerprint density at radius 2 is 2.35 bits per heavy atom. The zero-order valence-corrected chi connectivity index (χ0v) is 10.4. The number of ether oxygens (including phenoxy) is 1. The van der Waals surface area contributed by atoms with Crippen molar-refractivity contribution in [2.75, 3.05) is 19.0 Å². The van der Waals surface area contributed by atoms with Gasteiger partial charge >= 0.3 is 0 Å². The van der Waals surface area contributed by atoms with E-state index in [0.29, 0.717) is 0 Å². The van der Waals surface area contributed by atoms with Crippen LogP contribution in [-0.4, -0.2) is 18.6 Å². The Balaban J connectivity index is 1.83. The lowest BCUT2D eigenvalue weighted by atomic mass is 9.97. The van der Waals surface area contributed by atoms with E-state index >= 15 is 0 Å². The SMILES string of the molecule is COc1cccnc1NCCC1=CCCCC1. The molecule has 0 saturated heterocycles. The maximum Gasteiger partial charge on any atom is 0.168 e. The number of nitrogens with zero attached hydrogens (tertiary/aromatic N) is 1. The van der Waals surface area contributed by atoms with E-state index in [1.807, 2.05) is 12.1 Å². The predicted octanol–water partition coefficient (Wildman–Crippen LogP) is 3.39. The second-order valence-electron chi connectivity index (χ2n) is 4.34. The Morgan fingerprint density at radius 3 is 3.12 bits per heavy atom. The van der Waals surface area contributed by atoms with Gasteiger partial charge in [0.1, 0.15) is 0 Å². The van der Waals surface area contributed by atoms with Gasteiger partial charge < -0.3 is 10.1 Å². The third-order valence-electron chi connectivity index (χ3n) is 3.11. The highest BCUT2D eigenvalue weighted by Gasteiger charge is 2.05. The highest BCUT2D eigenvalue weighted by atomic mass is 16.5. The first kappa shape index (κ1) is 12.0. The zero-order valence-electron chi connectivity index (χ0n) is 10.4. The lowest BCUT2D eigenvalue weighted by molar-refractivity contribution is 0.415. The molecule has 0 aromatic carbocycles. The number of hydrogen-bond acceptors (Lipinski definition) is 3. The molecule has 3 heteroatoms. The van der Waals surface area contributed by atoms with Gasteiger partial charge in [-0.1, -0.05) is 11.6 Å². The third kappa shape index (κ3) is 3.48. The molecule has 92 valence electrons. The number of pyridine rings is 1. The van der Waals surface area contributed by atoms with Crippen molar-refractivity contribution in [3.05, 3.63) is 30.0 Å². The average molecular weight is 232 g/mol. The van der Waals surface area contributed by atoms with E-state index in [-0.39, 0.29) is 0 Å². The zero-order chi connectivity index (χ0) is 11.9. The fourth-order valence-electron chi connectivity index (χ4n) is 2.16. The Morgan fingerprint density at radius 1 is 1.41 bits per heavy atom. The van der Waals surface area contributed by atoms with Crippen molar-refractivity contribution >= 4 is 5.82 Å². The van der Waals surface area contributed by atoms with Crippen LogP contribution in [0, 0.1) is 0 Å². The monoisotopic (exact) mass is 232 g/mol. The maximum absolute atomic E-state index is 5.25. The lowest BCUT2D eigenvalue weighted by Gasteiger charge is -2.14. The van der Waals surface area contributed by atoms with Crippen LogP contribution in [0.3, 0.4) is 0 Å².